The molecule has 21 heavy (non-hydrogen) atoms. The molecule has 3 nitrogen and oxygen atoms in total. The number of rotatable bonds is 7. The lowest BCUT2D eigenvalue weighted by molar-refractivity contribution is -0.116. The van der Waals surface area contributed by atoms with E-state index >= 15 is 0 Å². The average Bonchev–Trinajstić information content (AvgIpc) is 2.42. The van der Waals surface area contributed by atoms with E-state index in [1.807, 2.05) is 18.2 Å². The molecule has 0 saturated carbocycles. The van der Waals surface area contributed by atoms with Crippen LogP contribution in [0.2, 0.25) is 0 Å². The number of hydrogen-bond donors (Lipinski definition) is 2. The maximum atomic E-state index is 12.1. The molecule has 1 aromatic rings. The number of carbonyl (C=O) groups excluding carboxylic acids is 1. The van der Waals surface area contributed by atoms with Gasteiger partial charge in [-0.3, -0.25) is 4.79 Å². The summed E-state index contributed by atoms with van der Waals surface area (Å²) >= 11 is 0. The van der Waals surface area contributed by atoms with Crippen molar-refractivity contribution in [1.29, 1.82) is 0 Å². The molecule has 1 rings (SSSR count). The van der Waals surface area contributed by atoms with Gasteiger partial charge in [0.05, 0.1) is 0 Å². The van der Waals surface area contributed by atoms with Crippen LogP contribution in [0, 0.1) is 11.3 Å². The van der Waals surface area contributed by atoms with Crippen molar-refractivity contribution in [3.05, 3.63) is 29.8 Å². The zero-order valence-corrected chi connectivity index (χ0v) is 13.9. The van der Waals surface area contributed by atoms with Gasteiger partial charge in [0, 0.05) is 12.1 Å². The van der Waals surface area contributed by atoms with Crippen molar-refractivity contribution < 1.29 is 4.79 Å². The molecule has 1 amide bonds. The maximum absolute atomic E-state index is 12.1. The lowest BCUT2D eigenvalue weighted by Crippen LogP contribution is -2.25. The highest BCUT2D eigenvalue weighted by atomic mass is 16.1. The van der Waals surface area contributed by atoms with Crippen molar-refractivity contribution in [2.45, 2.75) is 53.4 Å². The summed E-state index contributed by atoms with van der Waals surface area (Å²) < 4.78 is 0. The van der Waals surface area contributed by atoms with Gasteiger partial charge in [-0.2, -0.15) is 0 Å². The Kier molecular flexibility index (Phi) is 6.90. The molecule has 3 N–H and O–H groups in total. The van der Waals surface area contributed by atoms with Crippen LogP contribution in [0.15, 0.2) is 24.3 Å². The minimum atomic E-state index is 0.0922. The minimum Gasteiger partial charge on any atom is -0.330 e. The fraction of sp³-hybridized carbons (Fsp3) is 0.611. The highest BCUT2D eigenvalue weighted by Crippen LogP contribution is 2.32. The van der Waals surface area contributed by atoms with Crippen LogP contribution in [0.1, 0.15) is 52.5 Å². The molecule has 0 saturated heterocycles. The van der Waals surface area contributed by atoms with Gasteiger partial charge >= 0.3 is 0 Å². The number of amides is 1. The topological polar surface area (TPSA) is 55.1 Å². The number of anilines is 1. The Labute approximate surface area is 129 Å². The fourth-order valence-electron chi connectivity index (χ4n) is 2.61. The molecular formula is C18H30N2O. The van der Waals surface area contributed by atoms with Crippen LogP contribution in [0.4, 0.5) is 5.69 Å². The van der Waals surface area contributed by atoms with Gasteiger partial charge in [0.1, 0.15) is 0 Å². The molecule has 1 aromatic carbocycles. The molecule has 0 aliphatic heterocycles. The lowest BCUT2D eigenvalue weighted by atomic mass is 9.76. The second-order valence-electron chi connectivity index (χ2n) is 6.78. The molecule has 0 spiro atoms. The first kappa shape index (κ1) is 17.7. The molecule has 0 aromatic heterocycles. The molecule has 1 unspecified atom stereocenters. The Balaban J connectivity index is 2.52. The lowest BCUT2D eigenvalue weighted by Gasteiger charge is -2.30. The third kappa shape index (κ3) is 6.30. The summed E-state index contributed by atoms with van der Waals surface area (Å²) in [5.41, 5.74) is 8.02. The van der Waals surface area contributed by atoms with Gasteiger partial charge < -0.3 is 11.1 Å². The molecule has 0 fully saturated rings. The molecular weight excluding hydrogens is 260 g/mol. The summed E-state index contributed by atoms with van der Waals surface area (Å²) in [6, 6.07) is 8.05. The fourth-order valence-corrected chi connectivity index (χ4v) is 2.61. The molecule has 1 atom stereocenters. The van der Waals surface area contributed by atoms with E-state index in [1.54, 1.807) is 0 Å². The largest absolute Gasteiger partial charge is 0.330 e. The molecule has 3 heteroatoms. The van der Waals surface area contributed by atoms with Gasteiger partial charge in [0.25, 0.3) is 0 Å². The van der Waals surface area contributed by atoms with E-state index in [0.717, 1.165) is 24.9 Å². The van der Waals surface area contributed by atoms with Crippen molar-refractivity contribution >= 4 is 11.6 Å². The van der Waals surface area contributed by atoms with E-state index in [9.17, 15) is 4.79 Å². The van der Waals surface area contributed by atoms with Crippen LogP contribution in [-0.4, -0.2) is 12.5 Å². The Morgan fingerprint density at radius 3 is 2.57 bits per heavy atom. The van der Waals surface area contributed by atoms with Crippen molar-refractivity contribution in [2.24, 2.45) is 17.1 Å². The van der Waals surface area contributed by atoms with Gasteiger partial charge in [-0.25, -0.2) is 0 Å². The van der Waals surface area contributed by atoms with Gasteiger partial charge in [0.2, 0.25) is 5.91 Å². The Hall–Kier alpha value is -1.35. The van der Waals surface area contributed by atoms with E-state index in [1.165, 1.54) is 5.56 Å². The van der Waals surface area contributed by atoms with Crippen molar-refractivity contribution in [1.82, 2.24) is 0 Å². The van der Waals surface area contributed by atoms with Gasteiger partial charge in [0.15, 0.2) is 0 Å². The Morgan fingerprint density at radius 2 is 2.00 bits per heavy atom. The van der Waals surface area contributed by atoms with Gasteiger partial charge in [-0.15, -0.1) is 0 Å². The molecule has 0 aliphatic carbocycles. The second-order valence-corrected chi connectivity index (χ2v) is 6.78. The van der Waals surface area contributed by atoms with Crippen molar-refractivity contribution in [3.8, 4) is 0 Å². The monoisotopic (exact) mass is 290 g/mol. The maximum Gasteiger partial charge on any atom is 0.224 e. The molecule has 0 radical (unpaired) electrons. The molecule has 0 heterocycles. The SMILES string of the molecule is CCc1cccc(NC(=O)CCC(CCN)C(C)(C)C)c1. The number of hydrogen-bond acceptors (Lipinski definition) is 2. The number of carbonyl (C=O) groups is 1. The third-order valence-corrected chi connectivity index (χ3v) is 4.08. The summed E-state index contributed by atoms with van der Waals surface area (Å²) in [5.74, 6) is 0.574. The van der Waals surface area contributed by atoms with Crippen LogP contribution >= 0.6 is 0 Å². The summed E-state index contributed by atoms with van der Waals surface area (Å²) in [7, 11) is 0. The zero-order valence-electron chi connectivity index (χ0n) is 13.9. The summed E-state index contributed by atoms with van der Waals surface area (Å²) in [5, 5.41) is 3.00. The second kappa shape index (κ2) is 8.18. The van der Waals surface area contributed by atoms with Crippen molar-refractivity contribution in [3.63, 3.8) is 0 Å². The predicted molar refractivity (Wildman–Crippen MR) is 90.3 cm³/mol. The van der Waals surface area contributed by atoms with E-state index < -0.39 is 0 Å². The highest BCUT2D eigenvalue weighted by Gasteiger charge is 2.24. The van der Waals surface area contributed by atoms with Crippen LogP contribution in [0.25, 0.3) is 0 Å². The van der Waals surface area contributed by atoms with E-state index in [-0.39, 0.29) is 11.3 Å². The van der Waals surface area contributed by atoms with Crippen LogP contribution in [0.5, 0.6) is 0 Å². The highest BCUT2D eigenvalue weighted by molar-refractivity contribution is 5.90. The standard InChI is InChI=1S/C18H30N2O/c1-5-14-7-6-8-16(13-14)20-17(21)10-9-15(11-12-19)18(2,3)4/h6-8,13,15H,5,9-12,19H2,1-4H3,(H,20,21). The van der Waals surface area contributed by atoms with Crippen LogP contribution < -0.4 is 11.1 Å². The average molecular weight is 290 g/mol. The molecule has 0 aliphatic rings. The molecule has 118 valence electrons. The first-order chi connectivity index (χ1) is 9.86. The minimum absolute atomic E-state index is 0.0922. The van der Waals surface area contributed by atoms with E-state index in [4.69, 9.17) is 5.73 Å². The zero-order chi connectivity index (χ0) is 15.9. The first-order valence-corrected chi connectivity index (χ1v) is 7.95. The van der Waals surface area contributed by atoms with E-state index in [2.05, 4.69) is 39.1 Å². The Morgan fingerprint density at radius 1 is 1.29 bits per heavy atom. The van der Waals surface area contributed by atoms with Crippen molar-refractivity contribution in [2.75, 3.05) is 11.9 Å². The first-order valence-electron chi connectivity index (χ1n) is 7.95. The summed E-state index contributed by atoms with van der Waals surface area (Å²) in [6.45, 7) is 9.45. The normalized spacial score (nSPS) is 13.0. The van der Waals surface area contributed by atoms with E-state index in [0.29, 0.717) is 18.9 Å². The number of benzene rings is 1. The summed E-state index contributed by atoms with van der Waals surface area (Å²) in [6.07, 6.45) is 3.40. The number of nitrogens with one attached hydrogen (secondary N) is 1. The molecule has 0 bridgehead atoms. The van der Waals surface area contributed by atoms with Crippen LogP contribution in [-0.2, 0) is 11.2 Å². The Bertz CT molecular complexity index is 449. The van der Waals surface area contributed by atoms with Gasteiger partial charge in [-0.05, 0) is 54.8 Å². The summed E-state index contributed by atoms with van der Waals surface area (Å²) in [4.78, 5) is 12.1. The number of nitrogens with two attached hydrogens (primary N) is 1. The predicted octanol–water partition coefficient (Wildman–Crippen LogP) is 3.98. The quantitative estimate of drug-likeness (QED) is 0.798. The smallest absolute Gasteiger partial charge is 0.224 e. The number of aryl methyl sites for hydroxylation is 1. The third-order valence-electron chi connectivity index (χ3n) is 4.08. The van der Waals surface area contributed by atoms with Crippen LogP contribution in [0.3, 0.4) is 0 Å². The van der Waals surface area contributed by atoms with Gasteiger partial charge in [-0.1, -0.05) is 39.8 Å².